The van der Waals surface area contributed by atoms with Crippen molar-refractivity contribution in [3.63, 3.8) is 0 Å². The molecule has 4 rings (SSSR count). The van der Waals surface area contributed by atoms with Crippen molar-refractivity contribution in [2.45, 2.75) is 13.5 Å². The lowest BCUT2D eigenvalue weighted by Gasteiger charge is -2.02. The van der Waals surface area contributed by atoms with Crippen LogP contribution in [-0.4, -0.2) is 14.8 Å². The summed E-state index contributed by atoms with van der Waals surface area (Å²) in [5.41, 5.74) is 4.03. The van der Waals surface area contributed by atoms with Gasteiger partial charge in [0.15, 0.2) is 0 Å². The van der Waals surface area contributed by atoms with E-state index in [4.69, 9.17) is 16.6 Å². The minimum atomic E-state index is 0.381. The Hall–Kier alpha value is -2.18. The summed E-state index contributed by atoms with van der Waals surface area (Å²) in [4.78, 5) is 3.81. The van der Waals surface area contributed by atoms with Gasteiger partial charge in [-0.15, -0.1) is 5.10 Å². The van der Waals surface area contributed by atoms with Crippen LogP contribution in [0.5, 0.6) is 0 Å². The van der Waals surface area contributed by atoms with E-state index in [1.165, 1.54) is 0 Å². The van der Waals surface area contributed by atoms with Gasteiger partial charge in [-0.3, -0.25) is 0 Å². The molecule has 0 aliphatic rings. The van der Waals surface area contributed by atoms with Crippen molar-refractivity contribution in [2.75, 3.05) is 0 Å². The van der Waals surface area contributed by atoms with Gasteiger partial charge in [-0.05, 0) is 42.9 Å². The van der Waals surface area contributed by atoms with Gasteiger partial charge in [-0.2, -0.15) is 0 Å². The van der Waals surface area contributed by atoms with Gasteiger partial charge in [-0.1, -0.05) is 46.3 Å². The maximum Gasteiger partial charge on any atom is 0.287 e. The Kier molecular flexibility index (Phi) is 3.86. The van der Waals surface area contributed by atoms with Crippen LogP contribution in [0.25, 0.3) is 33.6 Å². The fourth-order valence-corrected chi connectivity index (χ4v) is 3.45. The minimum Gasteiger partial charge on any atom is -0.408 e. The Bertz CT molecular complexity index is 1080. The lowest BCUT2D eigenvalue weighted by atomic mass is 10.0. The number of hydrogen-bond acceptors (Lipinski definition) is 3. The van der Waals surface area contributed by atoms with Gasteiger partial charge < -0.3 is 9.40 Å². The smallest absolute Gasteiger partial charge is 0.287 e. The summed E-state index contributed by atoms with van der Waals surface area (Å²) >= 11 is 8.80. The molecular formula is C18H14BrN3OS. The highest BCUT2D eigenvalue weighted by molar-refractivity contribution is 9.10. The molecule has 120 valence electrons. The van der Waals surface area contributed by atoms with Crippen molar-refractivity contribution in [3.8, 4) is 22.7 Å². The van der Waals surface area contributed by atoms with Crippen molar-refractivity contribution < 1.29 is 4.42 Å². The number of halogens is 1. The summed E-state index contributed by atoms with van der Waals surface area (Å²) in [6, 6.07) is 16.4. The summed E-state index contributed by atoms with van der Waals surface area (Å²) in [6.45, 7) is 2.66. The molecule has 2 aromatic heterocycles. The number of fused-ring (bicyclic) bond motifs is 1. The van der Waals surface area contributed by atoms with E-state index in [9.17, 15) is 0 Å². The van der Waals surface area contributed by atoms with E-state index in [0.29, 0.717) is 17.3 Å². The largest absolute Gasteiger partial charge is 0.408 e. The molecule has 1 N–H and O–H groups in total. The summed E-state index contributed by atoms with van der Waals surface area (Å²) in [5, 5.41) is 5.61. The van der Waals surface area contributed by atoms with Gasteiger partial charge in [0, 0.05) is 27.5 Å². The Morgan fingerprint density at radius 3 is 2.71 bits per heavy atom. The number of benzene rings is 2. The van der Waals surface area contributed by atoms with Gasteiger partial charge in [0.2, 0.25) is 0 Å². The van der Waals surface area contributed by atoms with E-state index in [2.05, 4.69) is 44.2 Å². The lowest BCUT2D eigenvalue weighted by molar-refractivity contribution is 0.519. The van der Waals surface area contributed by atoms with E-state index in [0.717, 1.165) is 32.2 Å². The summed E-state index contributed by atoms with van der Waals surface area (Å²) in [6.07, 6.45) is 0. The standard InChI is InChI=1S/C18H14BrN3OS/c1-2-22-18(24)23-17(21-22)16-15(11-6-4-3-5-7-11)13-10-12(19)8-9-14(13)20-16/h3-10,20H,2H2,1H3. The lowest BCUT2D eigenvalue weighted by Crippen LogP contribution is -1.96. The maximum atomic E-state index is 5.74. The monoisotopic (exact) mass is 399 g/mol. The molecule has 0 atom stereocenters. The molecule has 0 fully saturated rings. The Balaban J connectivity index is 2.06. The fourth-order valence-electron chi connectivity index (χ4n) is 2.84. The van der Waals surface area contributed by atoms with Crippen LogP contribution in [0, 0.1) is 4.84 Å². The van der Waals surface area contributed by atoms with E-state index >= 15 is 0 Å². The second-order valence-electron chi connectivity index (χ2n) is 5.42. The average molecular weight is 400 g/mol. The van der Waals surface area contributed by atoms with Gasteiger partial charge in [0.1, 0.15) is 5.69 Å². The van der Waals surface area contributed by atoms with Gasteiger partial charge >= 0.3 is 0 Å². The first-order valence-corrected chi connectivity index (χ1v) is 8.82. The third-order valence-electron chi connectivity index (χ3n) is 3.94. The molecule has 0 aliphatic heterocycles. The van der Waals surface area contributed by atoms with Gasteiger partial charge in [0.05, 0.1) is 0 Å². The molecule has 6 heteroatoms. The van der Waals surface area contributed by atoms with Crippen LogP contribution in [0.4, 0.5) is 0 Å². The first-order chi connectivity index (χ1) is 11.7. The van der Waals surface area contributed by atoms with E-state index in [1.54, 1.807) is 4.68 Å². The van der Waals surface area contributed by atoms with E-state index in [-0.39, 0.29) is 0 Å². The van der Waals surface area contributed by atoms with E-state index in [1.807, 2.05) is 37.3 Å². The number of aryl methyl sites for hydroxylation is 1. The van der Waals surface area contributed by atoms with Crippen molar-refractivity contribution in [1.82, 2.24) is 14.8 Å². The number of aromatic amines is 1. The van der Waals surface area contributed by atoms with Gasteiger partial charge in [0.25, 0.3) is 10.7 Å². The predicted molar refractivity (Wildman–Crippen MR) is 101 cm³/mol. The second-order valence-corrected chi connectivity index (χ2v) is 6.68. The third-order valence-corrected chi connectivity index (χ3v) is 4.73. The predicted octanol–water partition coefficient (Wildman–Crippen LogP) is 5.80. The SMILES string of the molecule is CCn1nc(-c2[nH]c3ccc(Br)cc3c2-c2ccccc2)oc1=S. The van der Waals surface area contributed by atoms with Crippen molar-refractivity contribution in [2.24, 2.45) is 0 Å². The number of hydrogen-bond donors (Lipinski definition) is 1. The molecule has 0 spiro atoms. The van der Waals surface area contributed by atoms with Gasteiger partial charge in [-0.25, -0.2) is 4.68 Å². The normalized spacial score (nSPS) is 11.2. The molecule has 2 heterocycles. The molecule has 0 saturated carbocycles. The summed E-state index contributed by atoms with van der Waals surface area (Å²) in [5.74, 6) is 0.507. The summed E-state index contributed by atoms with van der Waals surface area (Å²) < 4.78 is 8.44. The Labute approximate surface area is 152 Å². The van der Waals surface area contributed by atoms with Crippen LogP contribution in [0.3, 0.4) is 0 Å². The average Bonchev–Trinajstić information content (AvgIpc) is 3.15. The van der Waals surface area contributed by atoms with Crippen LogP contribution in [-0.2, 0) is 6.54 Å². The quantitative estimate of drug-likeness (QED) is 0.442. The molecule has 24 heavy (non-hydrogen) atoms. The zero-order chi connectivity index (χ0) is 16.7. The Morgan fingerprint density at radius 1 is 1.21 bits per heavy atom. The molecule has 0 saturated heterocycles. The number of H-pyrrole nitrogens is 1. The van der Waals surface area contributed by atoms with Crippen LogP contribution in [0.2, 0.25) is 0 Å². The number of nitrogens with zero attached hydrogens (tertiary/aromatic N) is 2. The zero-order valence-electron chi connectivity index (χ0n) is 12.9. The Morgan fingerprint density at radius 2 is 2.00 bits per heavy atom. The highest BCUT2D eigenvalue weighted by Crippen LogP contribution is 2.38. The van der Waals surface area contributed by atoms with Crippen molar-refractivity contribution in [3.05, 3.63) is 57.8 Å². The first-order valence-electron chi connectivity index (χ1n) is 7.62. The highest BCUT2D eigenvalue weighted by Gasteiger charge is 2.19. The topological polar surface area (TPSA) is 46.8 Å². The number of rotatable bonds is 3. The zero-order valence-corrected chi connectivity index (χ0v) is 15.3. The van der Waals surface area contributed by atoms with Crippen molar-refractivity contribution >= 4 is 39.1 Å². The van der Waals surface area contributed by atoms with Crippen LogP contribution in [0.15, 0.2) is 57.4 Å². The molecule has 4 aromatic rings. The van der Waals surface area contributed by atoms with Crippen LogP contribution >= 0.6 is 28.1 Å². The van der Waals surface area contributed by atoms with Crippen molar-refractivity contribution in [1.29, 1.82) is 0 Å². The fraction of sp³-hybridized carbons (Fsp3) is 0.111. The molecule has 0 bridgehead atoms. The molecule has 4 nitrogen and oxygen atoms in total. The molecule has 0 unspecified atom stereocenters. The second kappa shape index (κ2) is 6.03. The highest BCUT2D eigenvalue weighted by atomic mass is 79.9. The maximum absolute atomic E-state index is 5.74. The molecule has 0 aliphatic carbocycles. The minimum absolute atomic E-state index is 0.381. The van der Waals surface area contributed by atoms with Crippen LogP contribution < -0.4 is 0 Å². The van der Waals surface area contributed by atoms with E-state index < -0.39 is 0 Å². The number of aromatic nitrogens is 3. The third kappa shape index (κ3) is 2.52. The molecule has 0 amide bonds. The number of nitrogens with one attached hydrogen (secondary N) is 1. The van der Waals surface area contributed by atoms with Crippen LogP contribution in [0.1, 0.15) is 6.92 Å². The molecule has 2 aromatic carbocycles. The summed E-state index contributed by atoms with van der Waals surface area (Å²) in [7, 11) is 0. The first kappa shape index (κ1) is 15.4. The molecular weight excluding hydrogens is 386 g/mol. The molecule has 0 radical (unpaired) electrons.